The minimum atomic E-state index is -3.65. The van der Waals surface area contributed by atoms with Crippen molar-refractivity contribution in [3.05, 3.63) is 56.7 Å². The maximum atomic E-state index is 12.5. The highest BCUT2D eigenvalue weighted by molar-refractivity contribution is 7.92. The lowest BCUT2D eigenvalue weighted by Crippen LogP contribution is -2.25. The molecule has 0 aliphatic heterocycles. The highest BCUT2D eigenvalue weighted by Crippen LogP contribution is 2.36. The minimum absolute atomic E-state index is 0.229. The number of esters is 1. The van der Waals surface area contributed by atoms with Gasteiger partial charge in [-0.2, -0.15) is 0 Å². The van der Waals surface area contributed by atoms with Gasteiger partial charge in [0.1, 0.15) is 5.60 Å². The second-order valence-corrected chi connectivity index (χ2v) is 9.66. The van der Waals surface area contributed by atoms with Gasteiger partial charge in [0.2, 0.25) is 10.0 Å². The lowest BCUT2D eigenvalue weighted by atomic mass is 10.1. The number of thiophene rings is 1. The van der Waals surface area contributed by atoms with Gasteiger partial charge in [-0.1, -0.05) is 35.9 Å². The summed E-state index contributed by atoms with van der Waals surface area (Å²) in [6, 6.07) is 6.99. The van der Waals surface area contributed by atoms with Crippen molar-refractivity contribution in [2.24, 2.45) is 5.73 Å². The molecule has 1 heterocycles. The number of nitrogens with one attached hydrogen (secondary N) is 1. The predicted octanol–water partition coefficient (Wildman–Crippen LogP) is 4.11. The fourth-order valence-corrected chi connectivity index (χ4v) is 4.89. The molecular weight excluding hydrogens is 420 g/mol. The molecule has 0 atom stereocenters. The Kier molecular flexibility index (Phi) is 7.28. The van der Waals surface area contributed by atoms with Gasteiger partial charge in [-0.15, -0.1) is 11.3 Å². The first-order valence-corrected chi connectivity index (χ1v) is 11.4. The van der Waals surface area contributed by atoms with Crippen LogP contribution in [-0.2, 0) is 31.7 Å². The third-order valence-corrected chi connectivity index (χ3v) is 6.58. The molecule has 0 fully saturated rings. The number of benzene rings is 1. The average molecular weight is 443 g/mol. The summed E-state index contributed by atoms with van der Waals surface area (Å²) in [6.07, 6.45) is 3.22. The van der Waals surface area contributed by atoms with E-state index in [0.29, 0.717) is 15.6 Å². The first-order chi connectivity index (χ1) is 13.1. The molecule has 152 valence electrons. The lowest BCUT2D eigenvalue weighted by molar-refractivity contribution is -0.154. The van der Waals surface area contributed by atoms with E-state index >= 15 is 0 Å². The number of carbonyl (C=O) groups excluding carboxylic acids is 1. The molecule has 6 nitrogen and oxygen atoms in total. The van der Waals surface area contributed by atoms with Crippen LogP contribution in [0.1, 0.15) is 36.8 Å². The van der Waals surface area contributed by atoms with Crippen molar-refractivity contribution in [2.45, 2.75) is 32.9 Å². The van der Waals surface area contributed by atoms with Crippen molar-refractivity contribution in [1.82, 2.24) is 0 Å². The zero-order chi connectivity index (χ0) is 20.9. The SMILES string of the molecule is CC(=O)OC(C)(C)c1sccc1NS(=O)(=O)CC=Cc1cccc(Cl)c1CN. The van der Waals surface area contributed by atoms with E-state index in [1.165, 1.54) is 24.3 Å². The van der Waals surface area contributed by atoms with Crippen molar-refractivity contribution in [2.75, 3.05) is 10.5 Å². The number of hydrogen-bond acceptors (Lipinski definition) is 6. The summed E-state index contributed by atoms with van der Waals surface area (Å²) in [6.45, 7) is 5.00. The van der Waals surface area contributed by atoms with Crippen molar-refractivity contribution in [3.63, 3.8) is 0 Å². The van der Waals surface area contributed by atoms with Crippen LogP contribution in [0.4, 0.5) is 5.69 Å². The molecule has 0 spiro atoms. The monoisotopic (exact) mass is 442 g/mol. The summed E-state index contributed by atoms with van der Waals surface area (Å²) in [5.41, 5.74) is 6.70. The van der Waals surface area contributed by atoms with E-state index in [1.54, 1.807) is 43.5 Å². The van der Waals surface area contributed by atoms with Crippen LogP contribution in [0, 0.1) is 0 Å². The van der Waals surface area contributed by atoms with Gasteiger partial charge in [0.05, 0.1) is 16.3 Å². The maximum Gasteiger partial charge on any atom is 0.303 e. The number of sulfonamides is 1. The summed E-state index contributed by atoms with van der Waals surface area (Å²) in [7, 11) is -3.65. The number of halogens is 1. The molecule has 0 saturated heterocycles. The number of ether oxygens (including phenoxy) is 1. The van der Waals surface area contributed by atoms with Crippen LogP contribution in [0.2, 0.25) is 5.02 Å². The van der Waals surface area contributed by atoms with E-state index in [0.717, 1.165) is 11.1 Å². The predicted molar refractivity (Wildman–Crippen MR) is 115 cm³/mol. The van der Waals surface area contributed by atoms with Gasteiger partial charge >= 0.3 is 5.97 Å². The third kappa shape index (κ3) is 5.81. The number of nitrogens with two attached hydrogens (primary N) is 1. The van der Waals surface area contributed by atoms with Crippen LogP contribution in [0.3, 0.4) is 0 Å². The van der Waals surface area contributed by atoms with E-state index in [-0.39, 0.29) is 12.3 Å². The van der Waals surface area contributed by atoms with Crippen LogP contribution in [0.25, 0.3) is 6.08 Å². The van der Waals surface area contributed by atoms with E-state index in [1.807, 2.05) is 6.07 Å². The van der Waals surface area contributed by atoms with Gasteiger partial charge in [-0.3, -0.25) is 9.52 Å². The Hall–Kier alpha value is -1.87. The molecule has 0 radical (unpaired) electrons. The molecule has 0 aliphatic rings. The first-order valence-electron chi connectivity index (χ1n) is 8.48. The highest BCUT2D eigenvalue weighted by atomic mass is 35.5. The maximum absolute atomic E-state index is 12.5. The number of rotatable bonds is 8. The van der Waals surface area contributed by atoms with E-state index in [9.17, 15) is 13.2 Å². The van der Waals surface area contributed by atoms with Gasteiger partial charge in [-0.25, -0.2) is 8.42 Å². The van der Waals surface area contributed by atoms with E-state index in [2.05, 4.69) is 4.72 Å². The van der Waals surface area contributed by atoms with Crippen LogP contribution < -0.4 is 10.5 Å². The minimum Gasteiger partial charge on any atom is -0.454 e. The van der Waals surface area contributed by atoms with Crippen molar-refractivity contribution < 1.29 is 17.9 Å². The smallest absolute Gasteiger partial charge is 0.303 e. The number of anilines is 1. The topological polar surface area (TPSA) is 98.5 Å². The molecule has 0 bridgehead atoms. The Morgan fingerprint density at radius 1 is 1.36 bits per heavy atom. The van der Waals surface area contributed by atoms with Gasteiger partial charge in [0.15, 0.2) is 0 Å². The molecule has 0 saturated carbocycles. The second-order valence-electron chi connectivity index (χ2n) is 6.56. The summed E-state index contributed by atoms with van der Waals surface area (Å²) in [5, 5.41) is 2.29. The third-order valence-electron chi connectivity index (χ3n) is 3.85. The molecule has 1 aromatic carbocycles. The average Bonchev–Trinajstić information content (AvgIpc) is 3.02. The van der Waals surface area contributed by atoms with Crippen molar-refractivity contribution >= 4 is 50.7 Å². The Labute approximate surface area is 174 Å². The summed E-state index contributed by atoms with van der Waals surface area (Å²) >= 11 is 7.43. The summed E-state index contributed by atoms with van der Waals surface area (Å²) in [4.78, 5) is 11.9. The molecule has 0 unspecified atom stereocenters. The Bertz CT molecular complexity index is 982. The molecule has 3 N–H and O–H groups in total. The number of carbonyl (C=O) groups is 1. The lowest BCUT2D eigenvalue weighted by Gasteiger charge is -2.24. The molecule has 2 rings (SSSR count). The quantitative estimate of drug-likeness (QED) is 0.599. The Morgan fingerprint density at radius 2 is 2.07 bits per heavy atom. The van der Waals surface area contributed by atoms with Crippen molar-refractivity contribution in [3.8, 4) is 0 Å². The van der Waals surface area contributed by atoms with Crippen LogP contribution in [-0.4, -0.2) is 20.1 Å². The van der Waals surface area contributed by atoms with Crippen LogP contribution >= 0.6 is 22.9 Å². The van der Waals surface area contributed by atoms with Gasteiger partial charge in [-0.05, 0) is 42.5 Å². The molecule has 9 heteroatoms. The fourth-order valence-electron chi connectivity index (χ4n) is 2.72. The normalized spacial score (nSPS) is 12.3. The second kappa shape index (κ2) is 9.09. The van der Waals surface area contributed by atoms with E-state index < -0.39 is 21.6 Å². The zero-order valence-corrected chi connectivity index (χ0v) is 18.2. The zero-order valence-electron chi connectivity index (χ0n) is 15.9. The van der Waals surface area contributed by atoms with Crippen LogP contribution in [0.15, 0.2) is 35.7 Å². The molecule has 28 heavy (non-hydrogen) atoms. The van der Waals surface area contributed by atoms with Gasteiger partial charge < -0.3 is 10.5 Å². The fraction of sp³-hybridized carbons (Fsp3) is 0.316. The standard InChI is InChI=1S/C19H23ClN2O4S2/c1-13(23)26-19(2,3)18-17(9-10-27-18)22-28(24,25)11-5-7-14-6-4-8-16(20)15(14)12-21/h4-10,22H,11-12,21H2,1-3H3. The van der Waals surface area contributed by atoms with E-state index in [4.69, 9.17) is 22.1 Å². The summed E-state index contributed by atoms with van der Waals surface area (Å²) < 4.78 is 32.9. The molecule has 1 aromatic heterocycles. The van der Waals surface area contributed by atoms with Gasteiger partial charge in [0, 0.05) is 18.5 Å². The number of hydrogen-bond donors (Lipinski definition) is 2. The molecule has 0 aliphatic carbocycles. The van der Waals surface area contributed by atoms with Crippen LogP contribution in [0.5, 0.6) is 0 Å². The first kappa shape index (κ1) is 22.4. The molecule has 0 amide bonds. The summed E-state index contributed by atoms with van der Waals surface area (Å²) in [5.74, 6) is -0.667. The molecule has 2 aromatic rings. The molecular formula is C19H23ClN2O4S2. The highest BCUT2D eigenvalue weighted by Gasteiger charge is 2.29. The van der Waals surface area contributed by atoms with Crippen molar-refractivity contribution in [1.29, 1.82) is 0 Å². The van der Waals surface area contributed by atoms with Gasteiger partial charge in [0.25, 0.3) is 0 Å². The Balaban J connectivity index is 2.15. The Morgan fingerprint density at radius 3 is 2.71 bits per heavy atom. The largest absolute Gasteiger partial charge is 0.454 e.